The van der Waals surface area contributed by atoms with Crippen LogP contribution >= 0.6 is 23.2 Å². The summed E-state index contributed by atoms with van der Waals surface area (Å²) >= 11 is 12.2. The van der Waals surface area contributed by atoms with Crippen molar-refractivity contribution < 1.29 is 9.47 Å². The van der Waals surface area contributed by atoms with Gasteiger partial charge in [0.05, 0.1) is 30.0 Å². The molecule has 0 bridgehead atoms. The average Bonchev–Trinajstić information content (AvgIpc) is 2.90. The molecule has 0 saturated heterocycles. The smallest absolute Gasteiger partial charge is 0.156 e. The number of fused-ring (bicyclic) bond motifs is 1. The predicted molar refractivity (Wildman–Crippen MR) is 83.8 cm³/mol. The zero-order valence-electron chi connectivity index (χ0n) is 11.4. The topological polar surface area (TPSA) is 35.8 Å². The van der Waals surface area contributed by atoms with Crippen LogP contribution < -0.4 is 9.47 Å². The quantitative estimate of drug-likeness (QED) is 0.720. The van der Waals surface area contributed by atoms with E-state index in [9.17, 15) is 0 Å². The number of rotatable bonds is 3. The maximum Gasteiger partial charge on any atom is 0.156 e. The lowest BCUT2D eigenvalue weighted by Crippen LogP contribution is -1.90. The van der Waals surface area contributed by atoms with Gasteiger partial charge in [0.2, 0.25) is 0 Å². The van der Waals surface area contributed by atoms with Crippen molar-refractivity contribution in [2.75, 3.05) is 14.2 Å². The molecular weight excluding hydrogens is 311 g/mol. The molecule has 0 atom stereocenters. The Bertz CT molecular complexity index is 815. The molecule has 0 saturated carbocycles. The van der Waals surface area contributed by atoms with E-state index < -0.39 is 0 Å². The molecule has 0 fully saturated rings. The van der Waals surface area contributed by atoms with Gasteiger partial charge in [-0.15, -0.1) is 0 Å². The van der Waals surface area contributed by atoms with Crippen molar-refractivity contribution in [2.24, 2.45) is 0 Å². The van der Waals surface area contributed by atoms with Crippen LogP contribution in [-0.4, -0.2) is 23.6 Å². The van der Waals surface area contributed by atoms with Crippen LogP contribution in [0.1, 0.15) is 0 Å². The first kappa shape index (κ1) is 14.0. The van der Waals surface area contributed by atoms with E-state index >= 15 is 0 Å². The van der Waals surface area contributed by atoms with Crippen molar-refractivity contribution in [3.8, 4) is 22.8 Å². The van der Waals surface area contributed by atoms with Gasteiger partial charge in [0.1, 0.15) is 11.5 Å². The maximum absolute atomic E-state index is 6.17. The Balaban J connectivity index is 2.22. The minimum absolute atomic E-state index is 0.496. The standard InChI is InChI=1S/C15H12Cl2N2O2/c1-20-10-3-4-14(21-2)11(6-10)13-8-19-7-9(16)5-12(17)15(19)18-13/h3-8H,1-2H3. The van der Waals surface area contributed by atoms with Crippen LogP contribution in [0.2, 0.25) is 10.0 Å². The number of hydrogen-bond donors (Lipinski definition) is 0. The number of aromatic nitrogens is 2. The minimum atomic E-state index is 0.496. The molecular formula is C15H12Cl2N2O2. The molecule has 6 heteroatoms. The number of benzene rings is 1. The van der Waals surface area contributed by atoms with Crippen LogP contribution in [0, 0.1) is 0 Å². The molecule has 4 nitrogen and oxygen atoms in total. The third kappa shape index (κ3) is 2.52. The average molecular weight is 323 g/mol. The molecule has 0 aliphatic heterocycles. The molecule has 0 radical (unpaired) electrons. The zero-order chi connectivity index (χ0) is 15.0. The van der Waals surface area contributed by atoms with Crippen molar-refractivity contribution >= 4 is 28.8 Å². The fourth-order valence-electron chi connectivity index (χ4n) is 2.17. The lowest BCUT2D eigenvalue weighted by Gasteiger charge is -2.08. The number of nitrogens with zero attached hydrogens (tertiary/aromatic N) is 2. The van der Waals surface area contributed by atoms with Crippen LogP contribution in [-0.2, 0) is 0 Å². The number of methoxy groups -OCH3 is 2. The van der Waals surface area contributed by atoms with Gasteiger partial charge in [0, 0.05) is 18.0 Å². The highest BCUT2D eigenvalue weighted by Gasteiger charge is 2.13. The Labute approximate surface area is 131 Å². The molecule has 0 amide bonds. The lowest BCUT2D eigenvalue weighted by molar-refractivity contribution is 0.404. The van der Waals surface area contributed by atoms with Crippen LogP contribution in [0.4, 0.5) is 0 Å². The molecule has 3 aromatic rings. The maximum atomic E-state index is 6.17. The Hall–Kier alpha value is -1.91. The number of ether oxygens (including phenoxy) is 2. The number of imidazole rings is 1. The van der Waals surface area contributed by atoms with E-state index in [4.69, 9.17) is 32.7 Å². The van der Waals surface area contributed by atoms with Gasteiger partial charge < -0.3 is 13.9 Å². The Morgan fingerprint density at radius 1 is 1.05 bits per heavy atom. The molecule has 2 heterocycles. The molecule has 1 aromatic carbocycles. The summed E-state index contributed by atoms with van der Waals surface area (Å²) in [5, 5.41) is 1.05. The van der Waals surface area contributed by atoms with E-state index in [1.165, 1.54) is 0 Å². The third-order valence-corrected chi connectivity index (χ3v) is 3.64. The summed E-state index contributed by atoms with van der Waals surface area (Å²) in [5.41, 5.74) is 2.20. The van der Waals surface area contributed by atoms with Crippen molar-refractivity contribution in [1.29, 1.82) is 0 Å². The normalized spacial score (nSPS) is 10.9. The van der Waals surface area contributed by atoms with Crippen LogP contribution in [0.3, 0.4) is 0 Å². The van der Waals surface area contributed by atoms with Crippen molar-refractivity contribution in [3.05, 3.63) is 46.7 Å². The Morgan fingerprint density at radius 3 is 2.57 bits per heavy atom. The van der Waals surface area contributed by atoms with Crippen LogP contribution in [0.25, 0.3) is 16.9 Å². The second-order valence-corrected chi connectivity index (χ2v) is 5.27. The summed E-state index contributed by atoms with van der Waals surface area (Å²) in [5.74, 6) is 1.44. The number of halogens is 2. The molecule has 0 aliphatic carbocycles. The Morgan fingerprint density at radius 2 is 1.86 bits per heavy atom. The molecule has 0 spiro atoms. The van der Waals surface area contributed by atoms with E-state index in [0.717, 1.165) is 17.0 Å². The van der Waals surface area contributed by atoms with E-state index in [1.807, 2.05) is 24.4 Å². The highest BCUT2D eigenvalue weighted by Crippen LogP contribution is 2.34. The summed E-state index contributed by atoms with van der Waals surface area (Å²) < 4.78 is 12.4. The van der Waals surface area contributed by atoms with Gasteiger partial charge in [-0.2, -0.15) is 0 Å². The van der Waals surface area contributed by atoms with Gasteiger partial charge in [-0.3, -0.25) is 0 Å². The zero-order valence-corrected chi connectivity index (χ0v) is 12.9. The molecule has 2 aromatic heterocycles. The first-order valence-electron chi connectivity index (χ1n) is 6.18. The summed E-state index contributed by atoms with van der Waals surface area (Å²) in [6.45, 7) is 0. The second-order valence-electron chi connectivity index (χ2n) is 4.43. The molecule has 0 N–H and O–H groups in total. The van der Waals surface area contributed by atoms with Gasteiger partial charge in [-0.05, 0) is 24.3 Å². The van der Waals surface area contributed by atoms with Gasteiger partial charge in [0.15, 0.2) is 5.65 Å². The van der Waals surface area contributed by atoms with E-state index in [-0.39, 0.29) is 0 Å². The summed E-state index contributed by atoms with van der Waals surface area (Å²) in [6.07, 6.45) is 3.61. The van der Waals surface area contributed by atoms with Gasteiger partial charge in [0.25, 0.3) is 0 Å². The van der Waals surface area contributed by atoms with Gasteiger partial charge >= 0.3 is 0 Å². The molecule has 21 heavy (non-hydrogen) atoms. The molecule has 0 aliphatic rings. The summed E-state index contributed by atoms with van der Waals surface area (Å²) in [6, 6.07) is 7.21. The van der Waals surface area contributed by atoms with Crippen molar-refractivity contribution in [2.45, 2.75) is 0 Å². The van der Waals surface area contributed by atoms with Crippen molar-refractivity contribution in [1.82, 2.24) is 9.38 Å². The summed E-state index contributed by atoms with van der Waals surface area (Å²) in [4.78, 5) is 4.54. The van der Waals surface area contributed by atoms with E-state index in [0.29, 0.717) is 21.4 Å². The monoisotopic (exact) mass is 322 g/mol. The molecule has 0 unspecified atom stereocenters. The van der Waals surface area contributed by atoms with E-state index in [1.54, 1.807) is 30.9 Å². The first-order valence-corrected chi connectivity index (χ1v) is 6.94. The SMILES string of the molecule is COc1ccc(OC)c(-c2cn3cc(Cl)cc(Cl)c3n2)c1. The van der Waals surface area contributed by atoms with Gasteiger partial charge in [-0.1, -0.05) is 23.2 Å². The van der Waals surface area contributed by atoms with Crippen molar-refractivity contribution in [3.63, 3.8) is 0 Å². The number of hydrogen-bond acceptors (Lipinski definition) is 3. The van der Waals surface area contributed by atoms with Crippen LogP contribution in [0.15, 0.2) is 36.7 Å². The first-order chi connectivity index (χ1) is 10.1. The van der Waals surface area contributed by atoms with Gasteiger partial charge in [-0.25, -0.2) is 4.98 Å². The highest BCUT2D eigenvalue weighted by atomic mass is 35.5. The largest absolute Gasteiger partial charge is 0.497 e. The third-order valence-electron chi connectivity index (χ3n) is 3.16. The summed E-state index contributed by atoms with van der Waals surface area (Å²) in [7, 11) is 3.23. The number of pyridine rings is 1. The second kappa shape index (κ2) is 5.47. The highest BCUT2D eigenvalue weighted by molar-refractivity contribution is 6.36. The minimum Gasteiger partial charge on any atom is -0.497 e. The predicted octanol–water partition coefficient (Wildman–Crippen LogP) is 4.33. The molecule has 3 rings (SSSR count). The fourth-order valence-corrected chi connectivity index (χ4v) is 2.70. The Kier molecular flexibility index (Phi) is 3.66. The van der Waals surface area contributed by atoms with Crippen LogP contribution in [0.5, 0.6) is 11.5 Å². The fraction of sp³-hybridized carbons (Fsp3) is 0.133. The van der Waals surface area contributed by atoms with E-state index in [2.05, 4.69) is 4.98 Å². The molecule has 108 valence electrons. The lowest BCUT2D eigenvalue weighted by atomic mass is 10.1.